The molecule has 0 fully saturated rings. The number of amides is 1. The van der Waals surface area contributed by atoms with Gasteiger partial charge >= 0.3 is 5.97 Å². The SMILES string of the molecule is CCC(SCc1ccc(C(N)=O)cc1Cl)C(=O)O. The van der Waals surface area contributed by atoms with Gasteiger partial charge in [0, 0.05) is 16.3 Å². The summed E-state index contributed by atoms with van der Waals surface area (Å²) < 4.78 is 0. The van der Waals surface area contributed by atoms with Gasteiger partial charge in [0.1, 0.15) is 5.25 Å². The molecule has 0 bridgehead atoms. The normalized spacial score (nSPS) is 12.1. The fourth-order valence-electron chi connectivity index (χ4n) is 1.37. The quantitative estimate of drug-likeness (QED) is 0.842. The highest BCUT2D eigenvalue weighted by Gasteiger charge is 2.16. The van der Waals surface area contributed by atoms with Gasteiger partial charge in [0.25, 0.3) is 0 Å². The van der Waals surface area contributed by atoms with E-state index in [1.807, 2.05) is 6.92 Å². The van der Waals surface area contributed by atoms with Gasteiger partial charge in [0.15, 0.2) is 0 Å². The van der Waals surface area contributed by atoms with E-state index in [-0.39, 0.29) is 0 Å². The first kappa shape index (κ1) is 14.9. The van der Waals surface area contributed by atoms with Crippen molar-refractivity contribution in [1.29, 1.82) is 0 Å². The summed E-state index contributed by atoms with van der Waals surface area (Å²) in [6.45, 7) is 1.82. The number of carboxylic acid groups (broad SMARTS) is 1. The second-order valence-electron chi connectivity index (χ2n) is 3.72. The van der Waals surface area contributed by atoms with Gasteiger partial charge in [-0.3, -0.25) is 9.59 Å². The Morgan fingerprint density at radius 3 is 2.61 bits per heavy atom. The molecule has 0 saturated carbocycles. The van der Waals surface area contributed by atoms with E-state index in [9.17, 15) is 9.59 Å². The summed E-state index contributed by atoms with van der Waals surface area (Å²) in [7, 11) is 0. The summed E-state index contributed by atoms with van der Waals surface area (Å²) in [5.74, 6) is -0.872. The second kappa shape index (κ2) is 6.66. The first-order valence-electron chi connectivity index (χ1n) is 5.38. The second-order valence-corrected chi connectivity index (χ2v) is 5.31. The molecule has 4 nitrogen and oxygen atoms in total. The molecular formula is C12H14ClNO3S. The number of hydrogen-bond donors (Lipinski definition) is 2. The van der Waals surface area contributed by atoms with Crippen molar-refractivity contribution in [2.45, 2.75) is 24.3 Å². The van der Waals surface area contributed by atoms with E-state index in [2.05, 4.69) is 0 Å². The lowest BCUT2D eigenvalue weighted by Gasteiger charge is -2.10. The summed E-state index contributed by atoms with van der Waals surface area (Å²) in [5, 5.41) is 8.90. The molecule has 0 spiro atoms. The Kier molecular flexibility index (Phi) is 5.50. The molecule has 0 heterocycles. The molecule has 3 N–H and O–H groups in total. The molecule has 6 heteroatoms. The van der Waals surface area contributed by atoms with E-state index in [4.69, 9.17) is 22.4 Å². The zero-order valence-electron chi connectivity index (χ0n) is 9.85. The minimum atomic E-state index is -0.827. The van der Waals surface area contributed by atoms with Crippen LogP contribution < -0.4 is 5.73 Å². The lowest BCUT2D eigenvalue weighted by atomic mass is 10.1. The molecule has 0 radical (unpaired) electrons. The molecule has 1 rings (SSSR count). The lowest BCUT2D eigenvalue weighted by molar-refractivity contribution is -0.136. The van der Waals surface area contributed by atoms with E-state index in [1.165, 1.54) is 17.8 Å². The van der Waals surface area contributed by atoms with E-state index < -0.39 is 17.1 Å². The van der Waals surface area contributed by atoms with Crippen LogP contribution in [0.15, 0.2) is 18.2 Å². The van der Waals surface area contributed by atoms with E-state index in [0.717, 1.165) is 5.56 Å². The molecular weight excluding hydrogens is 274 g/mol. The molecule has 0 aliphatic rings. The van der Waals surface area contributed by atoms with Crippen LogP contribution in [0.2, 0.25) is 5.02 Å². The fraction of sp³-hybridized carbons (Fsp3) is 0.333. The number of hydrogen-bond acceptors (Lipinski definition) is 3. The largest absolute Gasteiger partial charge is 0.480 e. The molecule has 1 amide bonds. The number of halogens is 1. The van der Waals surface area contributed by atoms with Crippen LogP contribution in [-0.2, 0) is 10.5 Å². The highest BCUT2D eigenvalue weighted by atomic mass is 35.5. The zero-order chi connectivity index (χ0) is 13.7. The van der Waals surface area contributed by atoms with Crippen molar-refractivity contribution in [2.75, 3.05) is 0 Å². The molecule has 1 unspecified atom stereocenters. The van der Waals surface area contributed by atoms with Crippen molar-refractivity contribution in [1.82, 2.24) is 0 Å². The van der Waals surface area contributed by atoms with Crippen LogP contribution in [0.3, 0.4) is 0 Å². The van der Waals surface area contributed by atoms with Crippen molar-refractivity contribution >= 4 is 35.2 Å². The molecule has 0 saturated heterocycles. The van der Waals surface area contributed by atoms with Crippen molar-refractivity contribution in [3.8, 4) is 0 Å². The Balaban J connectivity index is 2.74. The summed E-state index contributed by atoms with van der Waals surface area (Å²) in [6, 6.07) is 4.79. The summed E-state index contributed by atoms with van der Waals surface area (Å²) in [5.41, 5.74) is 6.28. The van der Waals surface area contributed by atoms with Crippen LogP contribution in [0.25, 0.3) is 0 Å². The lowest BCUT2D eigenvalue weighted by Crippen LogP contribution is -2.15. The van der Waals surface area contributed by atoms with Gasteiger partial charge < -0.3 is 10.8 Å². The Hall–Kier alpha value is -1.20. The van der Waals surface area contributed by atoms with Crippen LogP contribution in [0, 0.1) is 0 Å². The number of thioether (sulfide) groups is 1. The van der Waals surface area contributed by atoms with Gasteiger partial charge in [-0.25, -0.2) is 0 Å². The Morgan fingerprint density at radius 2 is 2.17 bits per heavy atom. The number of benzene rings is 1. The van der Waals surface area contributed by atoms with E-state index >= 15 is 0 Å². The minimum absolute atomic E-state index is 0.346. The number of aliphatic carboxylic acids is 1. The third kappa shape index (κ3) is 3.92. The summed E-state index contributed by atoms with van der Waals surface area (Å²) in [4.78, 5) is 21.8. The average Bonchev–Trinajstić information content (AvgIpc) is 2.30. The molecule has 0 aromatic heterocycles. The summed E-state index contributed by atoms with van der Waals surface area (Å²) in [6.07, 6.45) is 0.553. The molecule has 0 aliphatic heterocycles. The number of carboxylic acids is 1. The molecule has 1 atom stereocenters. The molecule has 0 aliphatic carbocycles. The smallest absolute Gasteiger partial charge is 0.316 e. The first-order valence-corrected chi connectivity index (χ1v) is 6.81. The van der Waals surface area contributed by atoms with Crippen LogP contribution in [-0.4, -0.2) is 22.2 Å². The number of nitrogens with two attached hydrogens (primary N) is 1. The molecule has 18 heavy (non-hydrogen) atoms. The minimum Gasteiger partial charge on any atom is -0.480 e. The third-order valence-corrected chi connectivity index (χ3v) is 4.19. The van der Waals surface area contributed by atoms with Crippen molar-refractivity contribution < 1.29 is 14.7 Å². The van der Waals surface area contributed by atoms with Gasteiger partial charge in [-0.1, -0.05) is 24.6 Å². The topological polar surface area (TPSA) is 80.4 Å². The highest BCUT2D eigenvalue weighted by molar-refractivity contribution is 7.99. The van der Waals surface area contributed by atoms with Crippen LogP contribution >= 0.6 is 23.4 Å². The Bertz CT molecular complexity index is 465. The predicted molar refractivity (Wildman–Crippen MR) is 73.0 cm³/mol. The predicted octanol–water partition coefficient (Wildman–Crippen LogP) is 2.54. The number of primary amides is 1. The Labute approximate surface area is 115 Å². The first-order chi connectivity index (χ1) is 8.45. The zero-order valence-corrected chi connectivity index (χ0v) is 11.4. The van der Waals surface area contributed by atoms with Gasteiger partial charge in [-0.2, -0.15) is 0 Å². The standard InChI is InChI=1S/C12H14ClNO3S/c1-2-10(12(16)17)18-6-8-4-3-7(11(14)15)5-9(8)13/h3-5,10H,2,6H2,1H3,(H2,14,15)(H,16,17). The van der Waals surface area contributed by atoms with E-state index in [0.29, 0.717) is 22.8 Å². The van der Waals surface area contributed by atoms with Crippen molar-refractivity contribution in [3.05, 3.63) is 34.3 Å². The van der Waals surface area contributed by atoms with Crippen molar-refractivity contribution in [3.63, 3.8) is 0 Å². The number of carbonyl (C=O) groups is 2. The maximum absolute atomic E-state index is 10.9. The highest BCUT2D eigenvalue weighted by Crippen LogP contribution is 2.26. The average molecular weight is 288 g/mol. The van der Waals surface area contributed by atoms with Crippen LogP contribution in [0.5, 0.6) is 0 Å². The van der Waals surface area contributed by atoms with E-state index in [1.54, 1.807) is 12.1 Å². The number of rotatable bonds is 6. The summed E-state index contributed by atoms with van der Waals surface area (Å²) >= 11 is 7.32. The monoisotopic (exact) mass is 287 g/mol. The maximum Gasteiger partial charge on any atom is 0.316 e. The number of carbonyl (C=O) groups excluding carboxylic acids is 1. The third-order valence-electron chi connectivity index (χ3n) is 2.42. The fourth-order valence-corrected chi connectivity index (χ4v) is 2.71. The maximum atomic E-state index is 10.9. The Morgan fingerprint density at radius 1 is 1.50 bits per heavy atom. The van der Waals surface area contributed by atoms with Gasteiger partial charge in [0.2, 0.25) is 5.91 Å². The van der Waals surface area contributed by atoms with Crippen LogP contribution in [0.1, 0.15) is 29.3 Å². The van der Waals surface area contributed by atoms with Crippen molar-refractivity contribution in [2.24, 2.45) is 5.73 Å². The van der Waals surface area contributed by atoms with Crippen LogP contribution in [0.4, 0.5) is 0 Å². The van der Waals surface area contributed by atoms with Gasteiger partial charge in [-0.05, 0) is 24.1 Å². The van der Waals surface area contributed by atoms with Gasteiger partial charge in [-0.15, -0.1) is 11.8 Å². The van der Waals surface area contributed by atoms with Gasteiger partial charge in [0.05, 0.1) is 0 Å². The molecule has 98 valence electrons. The molecule has 1 aromatic rings. The molecule has 1 aromatic carbocycles.